The van der Waals surface area contributed by atoms with E-state index >= 15 is 0 Å². The van der Waals surface area contributed by atoms with Crippen LogP contribution in [0.3, 0.4) is 0 Å². The maximum absolute atomic E-state index is 5.25. The van der Waals surface area contributed by atoms with Crippen molar-refractivity contribution in [2.75, 3.05) is 7.11 Å². The molecule has 0 saturated carbocycles. The Hall–Kier alpha value is -2.00. The summed E-state index contributed by atoms with van der Waals surface area (Å²) in [7, 11) is 1.68. The summed E-state index contributed by atoms with van der Waals surface area (Å²) in [5.74, 6) is 0.858. The lowest BCUT2D eigenvalue weighted by atomic mass is 10.2. The molecule has 0 amide bonds. The Morgan fingerprint density at radius 3 is 2.58 bits per heavy atom. The molecule has 3 heteroatoms. The number of hydrogen-bond donors (Lipinski definition) is 0. The minimum Gasteiger partial charge on any atom is -0.497 e. The zero-order valence-electron chi connectivity index (χ0n) is 10.5. The fourth-order valence-corrected chi connectivity index (χ4v) is 2.75. The molecule has 3 aromatic rings. The Labute approximate surface area is 116 Å². The molecule has 0 unspecified atom stereocenters. The van der Waals surface area contributed by atoms with Crippen molar-refractivity contribution in [3.8, 4) is 5.75 Å². The van der Waals surface area contributed by atoms with Crippen LogP contribution in [0, 0.1) is 0 Å². The summed E-state index contributed by atoms with van der Waals surface area (Å²) < 4.78 is 5.25. The van der Waals surface area contributed by atoms with Gasteiger partial charge in [0.25, 0.3) is 0 Å². The molecular formula is C16H13NOS. The van der Waals surface area contributed by atoms with Gasteiger partial charge < -0.3 is 4.74 Å². The smallest absolute Gasteiger partial charge is 0.119 e. The van der Waals surface area contributed by atoms with Crippen LogP contribution in [0.1, 0.15) is 0 Å². The molecule has 0 aliphatic heterocycles. The van der Waals surface area contributed by atoms with Crippen LogP contribution in [0.25, 0.3) is 10.9 Å². The van der Waals surface area contributed by atoms with Gasteiger partial charge in [-0.05, 0) is 36.4 Å². The lowest BCUT2D eigenvalue weighted by Gasteiger charge is -2.05. The molecule has 0 atom stereocenters. The highest BCUT2D eigenvalue weighted by atomic mass is 32.2. The number of rotatable bonds is 3. The fourth-order valence-electron chi connectivity index (χ4n) is 1.90. The summed E-state index contributed by atoms with van der Waals surface area (Å²) in [5, 5.41) is 1.10. The van der Waals surface area contributed by atoms with Gasteiger partial charge in [-0.15, -0.1) is 0 Å². The number of hydrogen-bond acceptors (Lipinski definition) is 3. The number of pyridine rings is 1. The van der Waals surface area contributed by atoms with Crippen molar-refractivity contribution in [2.24, 2.45) is 0 Å². The van der Waals surface area contributed by atoms with E-state index in [4.69, 9.17) is 4.74 Å². The second-order valence-corrected chi connectivity index (χ2v) is 5.29. The normalized spacial score (nSPS) is 10.6. The van der Waals surface area contributed by atoms with Crippen LogP contribution >= 0.6 is 11.8 Å². The minimum atomic E-state index is 0.858. The molecule has 0 spiro atoms. The molecule has 0 aliphatic carbocycles. The van der Waals surface area contributed by atoms with E-state index < -0.39 is 0 Å². The molecule has 1 aromatic heterocycles. The lowest BCUT2D eigenvalue weighted by molar-refractivity contribution is 0.415. The minimum absolute atomic E-state index is 0.858. The molecule has 0 fully saturated rings. The van der Waals surface area contributed by atoms with Gasteiger partial charge in [0.1, 0.15) is 5.75 Å². The van der Waals surface area contributed by atoms with E-state index in [1.807, 2.05) is 42.6 Å². The first kappa shape index (κ1) is 12.1. The van der Waals surface area contributed by atoms with Gasteiger partial charge in [-0.2, -0.15) is 0 Å². The van der Waals surface area contributed by atoms with Crippen molar-refractivity contribution in [1.82, 2.24) is 4.98 Å². The van der Waals surface area contributed by atoms with Crippen molar-refractivity contribution < 1.29 is 4.74 Å². The Morgan fingerprint density at radius 1 is 0.947 bits per heavy atom. The Morgan fingerprint density at radius 2 is 1.79 bits per heavy atom. The van der Waals surface area contributed by atoms with E-state index in [0.29, 0.717) is 0 Å². The average molecular weight is 267 g/mol. The molecule has 0 aliphatic rings. The molecule has 2 aromatic carbocycles. The third-order valence-corrected chi connectivity index (χ3v) is 3.81. The largest absolute Gasteiger partial charge is 0.497 e. The highest BCUT2D eigenvalue weighted by Gasteiger charge is 2.01. The Kier molecular flexibility index (Phi) is 3.38. The van der Waals surface area contributed by atoms with E-state index in [-0.39, 0.29) is 0 Å². The summed E-state index contributed by atoms with van der Waals surface area (Å²) in [4.78, 5) is 6.82. The summed E-state index contributed by atoms with van der Waals surface area (Å²) in [6.07, 6.45) is 1.91. The second kappa shape index (κ2) is 5.33. The van der Waals surface area contributed by atoms with Crippen LogP contribution < -0.4 is 4.74 Å². The first-order chi connectivity index (χ1) is 9.35. The Bertz CT molecular complexity index is 697. The third-order valence-electron chi connectivity index (χ3n) is 2.84. The molecule has 1 heterocycles. The van der Waals surface area contributed by atoms with Crippen LogP contribution in [0.15, 0.2) is 70.6 Å². The molecule has 0 N–H and O–H groups in total. The van der Waals surface area contributed by atoms with Gasteiger partial charge in [-0.25, -0.2) is 0 Å². The molecule has 19 heavy (non-hydrogen) atoms. The summed E-state index contributed by atoms with van der Waals surface area (Å²) >= 11 is 1.71. The van der Waals surface area contributed by atoms with Gasteiger partial charge in [0.15, 0.2) is 0 Å². The average Bonchev–Trinajstić information content (AvgIpc) is 2.47. The number of benzene rings is 2. The first-order valence-electron chi connectivity index (χ1n) is 6.02. The third kappa shape index (κ3) is 2.71. The van der Waals surface area contributed by atoms with Gasteiger partial charge in [-0.1, -0.05) is 30.0 Å². The van der Waals surface area contributed by atoms with Gasteiger partial charge in [0.05, 0.1) is 12.6 Å². The monoisotopic (exact) mass is 267 g/mol. The standard InChI is InChI=1S/C16H13NOS/c1-18-13-7-8-16-12(9-13)10-15(11-17-16)19-14-5-3-2-4-6-14/h2-11H,1H3. The molecular weight excluding hydrogens is 254 g/mol. The number of fused-ring (bicyclic) bond motifs is 1. The summed E-state index contributed by atoms with van der Waals surface area (Å²) in [6.45, 7) is 0. The number of nitrogens with zero attached hydrogens (tertiary/aromatic N) is 1. The van der Waals surface area contributed by atoms with Crippen LogP contribution in [0.4, 0.5) is 0 Å². The second-order valence-electron chi connectivity index (χ2n) is 4.14. The van der Waals surface area contributed by atoms with Crippen molar-refractivity contribution in [2.45, 2.75) is 9.79 Å². The zero-order valence-corrected chi connectivity index (χ0v) is 11.4. The molecule has 2 nitrogen and oxygen atoms in total. The summed E-state index contributed by atoms with van der Waals surface area (Å²) in [6, 6.07) is 18.4. The molecule has 0 bridgehead atoms. The van der Waals surface area contributed by atoms with E-state index in [0.717, 1.165) is 21.5 Å². The van der Waals surface area contributed by atoms with Crippen LogP contribution in [0.5, 0.6) is 5.75 Å². The van der Waals surface area contributed by atoms with Crippen molar-refractivity contribution >= 4 is 22.7 Å². The fraction of sp³-hybridized carbons (Fsp3) is 0.0625. The van der Waals surface area contributed by atoms with Gasteiger partial charge in [-0.3, -0.25) is 4.98 Å². The van der Waals surface area contributed by atoms with Crippen molar-refractivity contribution in [3.63, 3.8) is 0 Å². The number of ether oxygens (including phenoxy) is 1. The zero-order chi connectivity index (χ0) is 13.1. The van der Waals surface area contributed by atoms with Gasteiger partial charge in [0.2, 0.25) is 0 Å². The molecule has 0 saturated heterocycles. The Balaban J connectivity index is 1.96. The molecule has 0 radical (unpaired) electrons. The van der Waals surface area contributed by atoms with Crippen molar-refractivity contribution in [1.29, 1.82) is 0 Å². The van der Waals surface area contributed by atoms with Gasteiger partial charge >= 0.3 is 0 Å². The SMILES string of the molecule is COc1ccc2ncc(Sc3ccccc3)cc2c1. The highest BCUT2D eigenvalue weighted by Crippen LogP contribution is 2.29. The molecule has 94 valence electrons. The summed E-state index contributed by atoms with van der Waals surface area (Å²) in [5.41, 5.74) is 0.984. The number of methoxy groups -OCH3 is 1. The lowest BCUT2D eigenvalue weighted by Crippen LogP contribution is -1.85. The predicted octanol–water partition coefficient (Wildman–Crippen LogP) is 4.39. The number of aromatic nitrogens is 1. The van der Waals surface area contributed by atoms with E-state index in [2.05, 4.69) is 23.2 Å². The highest BCUT2D eigenvalue weighted by molar-refractivity contribution is 7.99. The maximum atomic E-state index is 5.25. The maximum Gasteiger partial charge on any atom is 0.119 e. The van der Waals surface area contributed by atoms with Crippen LogP contribution in [0.2, 0.25) is 0 Å². The van der Waals surface area contributed by atoms with E-state index in [1.54, 1.807) is 18.9 Å². The van der Waals surface area contributed by atoms with Crippen molar-refractivity contribution in [3.05, 3.63) is 60.8 Å². The predicted molar refractivity (Wildman–Crippen MR) is 78.9 cm³/mol. The van der Waals surface area contributed by atoms with Crippen LogP contribution in [-0.4, -0.2) is 12.1 Å². The quantitative estimate of drug-likeness (QED) is 0.702. The first-order valence-corrected chi connectivity index (χ1v) is 6.83. The van der Waals surface area contributed by atoms with E-state index in [1.165, 1.54) is 4.90 Å². The topological polar surface area (TPSA) is 22.1 Å². The van der Waals surface area contributed by atoms with Gasteiger partial charge in [0, 0.05) is 21.4 Å². The van der Waals surface area contributed by atoms with Crippen LogP contribution in [-0.2, 0) is 0 Å². The molecule has 3 rings (SSSR count). The van der Waals surface area contributed by atoms with E-state index in [9.17, 15) is 0 Å².